The SMILES string of the molecule is C=C1C(Cc2ccccc2)CC1(C(=O)OCC)C(=O)OCC. The van der Waals surface area contributed by atoms with E-state index < -0.39 is 17.4 Å². The monoisotopic (exact) mass is 302 g/mol. The molecular weight excluding hydrogens is 280 g/mol. The number of ether oxygens (including phenoxy) is 2. The molecule has 22 heavy (non-hydrogen) atoms. The molecule has 1 atom stereocenters. The number of hydrogen-bond acceptors (Lipinski definition) is 4. The van der Waals surface area contributed by atoms with Gasteiger partial charge in [-0.1, -0.05) is 36.9 Å². The molecule has 1 aliphatic rings. The molecule has 0 heterocycles. The number of rotatable bonds is 6. The number of esters is 2. The van der Waals surface area contributed by atoms with E-state index in [-0.39, 0.29) is 19.1 Å². The average molecular weight is 302 g/mol. The minimum absolute atomic E-state index is 0.0937. The number of carbonyl (C=O) groups is 2. The molecule has 0 amide bonds. The molecule has 0 spiro atoms. The maximum Gasteiger partial charge on any atom is 0.327 e. The Labute approximate surface area is 131 Å². The fourth-order valence-corrected chi connectivity index (χ4v) is 2.96. The van der Waals surface area contributed by atoms with Gasteiger partial charge in [0, 0.05) is 0 Å². The molecule has 0 saturated heterocycles. The Morgan fingerprint density at radius 1 is 1.14 bits per heavy atom. The minimum atomic E-state index is -1.31. The summed E-state index contributed by atoms with van der Waals surface area (Å²) >= 11 is 0. The smallest absolute Gasteiger partial charge is 0.327 e. The van der Waals surface area contributed by atoms with Gasteiger partial charge in [-0.05, 0) is 43.7 Å². The predicted molar refractivity (Wildman–Crippen MR) is 83.1 cm³/mol. The van der Waals surface area contributed by atoms with Gasteiger partial charge in [-0.25, -0.2) is 0 Å². The fraction of sp³-hybridized carbons (Fsp3) is 0.444. The zero-order valence-corrected chi connectivity index (χ0v) is 13.1. The molecule has 1 unspecified atom stereocenters. The molecule has 1 saturated carbocycles. The van der Waals surface area contributed by atoms with Crippen molar-refractivity contribution in [3.8, 4) is 0 Å². The van der Waals surface area contributed by atoms with Gasteiger partial charge in [0.05, 0.1) is 13.2 Å². The third-order valence-electron chi connectivity index (χ3n) is 4.17. The Kier molecular flexibility index (Phi) is 5.01. The third kappa shape index (κ3) is 2.78. The second-order valence-corrected chi connectivity index (χ2v) is 5.46. The van der Waals surface area contributed by atoms with Crippen molar-refractivity contribution in [2.24, 2.45) is 11.3 Å². The van der Waals surface area contributed by atoms with Gasteiger partial charge in [-0.2, -0.15) is 0 Å². The van der Waals surface area contributed by atoms with Gasteiger partial charge in [0.25, 0.3) is 0 Å². The Morgan fingerprint density at radius 3 is 2.14 bits per heavy atom. The zero-order valence-electron chi connectivity index (χ0n) is 13.1. The summed E-state index contributed by atoms with van der Waals surface area (Å²) in [5, 5.41) is 0. The molecule has 1 aromatic rings. The van der Waals surface area contributed by atoms with Crippen molar-refractivity contribution in [2.45, 2.75) is 26.7 Å². The van der Waals surface area contributed by atoms with Crippen LogP contribution in [0.15, 0.2) is 42.5 Å². The van der Waals surface area contributed by atoms with Crippen LogP contribution in [0.3, 0.4) is 0 Å². The van der Waals surface area contributed by atoms with Crippen LogP contribution in [0, 0.1) is 11.3 Å². The van der Waals surface area contributed by atoms with Gasteiger partial charge in [-0.3, -0.25) is 9.59 Å². The molecule has 0 aromatic heterocycles. The molecule has 0 bridgehead atoms. The van der Waals surface area contributed by atoms with E-state index in [2.05, 4.69) is 6.58 Å². The van der Waals surface area contributed by atoms with Crippen LogP contribution in [0.25, 0.3) is 0 Å². The molecule has 4 nitrogen and oxygen atoms in total. The van der Waals surface area contributed by atoms with Gasteiger partial charge >= 0.3 is 11.9 Å². The van der Waals surface area contributed by atoms with Crippen molar-refractivity contribution in [1.29, 1.82) is 0 Å². The van der Waals surface area contributed by atoms with Crippen LogP contribution in [0.1, 0.15) is 25.8 Å². The first kappa shape index (κ1) is 16.3. The Balaban J connectivity index is 2.15. The highest BCUT2D eigenvalue weighted by Gasteiger charge is 2.61. The number of carbonyl (C=O) groups excluding carboxylic acids is 2. The molecule has 0 aliphatic heterocycles. The highest BCUT2D eigenvalue weighted by atomic mass is 16.6. The van der Waals surface area contributed by atoms with Crippen molar-refractivity contribution < 1.29 is 19.1 Å². The van der Waals surface area contributed by atoms with Crippen molar-refractivity contribution in [3.05, 3.63) is 48.0 Å². The second kappa shape index (κ2) is 6.77. The summed E-state index contributed by atoms with van der Waals surface area (Å²) in [4.78, 5) is 24.6. The topological polar surface area (TPSA) is 52.6 Å². The number of benzene rings is 1. The van der Waals surface area contributed by atoms with E-state index in [1.165, 1.54) is 0 Å². The Bertz CT molecular complexity index is 544. The van der Waals surface area contributed by atoms with E-state index in [0.29, 0.717) is 12.0 Å². The summed E-state index contributed by atoms with van der Waals surface area (Å²) in [7, 11) is 0. The largest absolute Gasteiger partial charge is 0.465 e. The van der Waals surface area contributed by atoms with Gasteiger partial charge in [0.1, 0.15) is 0 Å². The van der Waals surface area contributed by atoms with Gasteiger partial charge < -0.3 is 9.47 Å². The molecule has 2 rings (SSSR count). The maximum absolute atomic E-state index is 12.3. The van der Waals surface area contributed by atoms with E-state index in [1.54, 1.807) is 13.8 Å². The number of hydrogen-bond donors (Lipinski definition) is 0. The lowest BCUT2D eigenvalue weighted by atomic mass is 9.56. The van der Waals surface area contributed by atoms with E-state index in [4.69, 9.17) is 9.47 Å². The van der Waals surface area contributed by atoms with Crippen LogP contribution in [0.5, 0.6) is 0 Å². The molecule has 118 valence electrons. The summed E-state index contributed by atoms with van der Waals surface area (Å²) in [6, 6.07) is 9.96. The van der Waals surface area contributed by atoms with Crippen LogP contribution in [-0.4, -0.2) is 25.2 Å². The molecule has 4 heteroatoms. The Hall–Kier alpha value is -2.10. The quantitative estimate of drug-likeness (QED) is 0.460. The van der Waals surface area contributed by atoms with Crippen LogP contribution < -0.4 is 0 Å². The maximum atomic E-state index is 12.3. The van der Waals surface area contributed by atoms with Crippen molar-refractivity contribution in [1.82, 2.24) is 0 Å². The zero-order chi connectivity index (χ0) is 16.2. The molecule has 0 N–H and O–H groups in total. The first-order valence-electron chi connectivity index (χ1n) is 7.63. The van der Waals surface area contributed by atoms with Crippen LogP contribution in [0.2, 0.25) is 0 Å². The summed E-state index contributed by atoms with van der Waals surface area (Å²) in [6.45, 7) is 7.91. The summed E-state index contributed by atoms with van der Waals surface area (Å²) in [5.41, 5.74) is 0.453. The van der Waals surface area contributed by atoms with Gasteiger partial charge in [-0.15, -0.1) is 0 Å². The standard InChI is InChI=1S/C18H22O4/c1-4-21-16(19)18(17(20)22-5-2)12-15(13(18)3)11-14-9-7-6-8-10-14/h6-10,15H,3-5,11-12H2,1-2H3. The lowest BCUT2D eigenvalue weighted by molar-refractivity contribution is -0.175. The molecular formula is C18H22O4. The summed E-state index contributed by atoms with van der Waals surface area (Å²) < 4.78 is 10.2. The molecule has 1 aliphatic carbocycles. The van der Waals surface area contributed by atoms with E-state index in [1.807, 2.05) is 30.3 Å². The van der Waals surface area contributed by atoms with Crippen molar-refractivity contribution in [2.75, 3.05) is 13.2 Å². The van der Waals surface area contributed by atoms with Crippen molar-refractivity contribution >= 4 is 11.9 Å². The Morgan fingerprint density at radius 2 is 1.68 bits per heavy atom. The highest BCUT2D eigenvalue weighted by molar-refractivity contribution is 6.05. The highest BCUT2D eigenvalue weighted by Crippen LogP contribution is 2.52. The predicted octanol–water partition coefficient (Wildman–Crippen LogP) is 2.92. The van der Waals surface area contributed by atoms with E-state index in [0.717, 1.165) is 12.0 Å². The first-order valence-corrected chi connectivity index (χ1v) is 7.63. The second-order valence-electron chi connectivity index (χ2n) is 5.46. The average Bonchev–Trinajstić information content (AvgIpc) is 2.52. The lowest BCUT2D eigenvalue weighted by Crippen LogP contribution is -2.54. The molecule has 1 aromatic carbocycles. The van der Waals surface area contributed by atoms with Crippen LogP contribution >= 0.6 is 0 Å². The lowest BCUT2D eigenvalue weighted by Gasteiger charge is -2.45. The van der Waals surface area contributed by atoms with Crippen LogP contribution in [0.4, 0.5) is 0 Å². The van der Waals surface area contributed by atoms with E-state index >= 15 is 0 Å². The molecule has 0 radical (unpaired) electrons. The minimum Gasteiger partial charge on any atom is -0.465 e. The normalized spacial score (nSPS) is 19.2. The van der Waals surface area contributed by atoms with Gasteiger partial charge in [0.15, 0.2) is 5.41 Å². The first-order chi connectivity index (χ1) is 10.6. The van der Waals surface area contributed by atoms with Crippen molar-refractivity contribution in [3.63, 3.8) is 0 Å². The van der Waals surface area contributed by atoms with Crippen LogP contribution in [-0.2, 0) is 25.5 Å². The third-order valence-corrected chi connectivity index (χ3v) is 4.17. The van der Waals surface area contributed by atoms with Gasteiger partial charge in [0.2, 0.25) is 0 Å². The van der Waals surface area contributed by atoms with E-state index in [9.17, 15) is 9.59 Å². The summed E-state index contributed by atoms with van der Waals surface area (Å²) in [5.74, 6) is -0.985. The molecule has 1 fully saturated rings. The fourth-order valence-electron chi connectivity index (χ4n) is 2.96. The summed E-state index contributed by atoms with van der Waals surface area (Å²) in [6.07, 6.45) is 1.17.